The third kappa shape index (κ3) is 2.70. The standard InChI is InChI=1S/C11H14N2O3/c12-9-4-8(5-13-6-9)11(14)16-7-10-2-1-3-15-10/h4-6,10H,1-3,7,12H2. The summed E-state index contributed by atoms with van der Waals surface area (Å²) in [6, 6.07) is 1.55. The van der Waals surface area contributed by atoms with E-state index in [9.17, 15) is 4.79 Å². The third-order valence-electron chi connectivity index (χ3n) is 2.42. The van der Waals surface area contributed by atoms with Gasteiger partial charge in [-0.3, -0.25) is 4.98 Å². The number of ether oxygens (including phenoxy) is 2. The molecule has 16 heavy (non-hydrogen) atoms. The maximum atomic E-state index is 11.6. The Bertz CT molecular complexity index is 375. The zero-order valence-electron chi connectivity index (χ0n) is 8.89. The van der Waals surface area contributed by atoms with E-state index in [-0.39, 0.29) is 6.10 Å². The number of carbonyl (C=O) groups is 1. The van der Waals surface area contributed by atoms with Crippen molar-refractivity contribution in [3.63, 3.8) is 0 Å². The average molecular weight is 222 g/mol. The lowest BCUT2D eigenvalue weighted by Gasteiger charge is -2.09. The molecule has 5 heteroatoms. The molecule has 1 fully saturated rings. The second-order valence-corrected chi connectivity index (χ2v) is 3.74. The van der Waals surface area contributed by atoms with E-state index in [1.807, 2.05) is 0 Å². The van der Waals surface area contributed by atoms with Gasteiger partial charge in [-0.15, -0.1) is 0 Å². The van der Waals surface area contributed by atoms with Gasteiger partial charge in [0.1, 0.15) is 6.61 Å². The molecule has 0 aliphatic carbocycles. The first-order chi connectivity index (χ1) is 7.75. The minimum atomic E-state index is -0.407. The largest absolute Gasteiger partial charge is 0.459 e. The Labute approximate surface area is 93.6 Å². The maximum Gasteiger partial charge on any atom is 0.339 e. The Kier molecular flexibility index (Phi) is 3.36. The molecule has 2 N–H and O–H groups in total. The van der Waals surface area contributed by atoms with Gasteiger partial charge >= 0.3 is 5.97 Å². The molecule has 0 radical (unpaired) electrons. The normalized spacial score (nSPS) is 19.6. The van der Waals surface area contributed by atoms with Gasteiger partial charge in [-0.25, -0.2) is 4.79 Å². The molecule has 0 saturated carbocycles. The smallest absolute Gasteiger partial charge is 0.339 e. The number of nitrogen functional groups attached to an aromatic ring is 1. The summed E-state index contributed by atoms with van der Waals surface area (Å²) in [6.45, 7) is 1.05. The molecule has 2 heterocycles. The first-order valence-electron chi connectivity index (χ1n) is 5.25. The predicted molar refractivity (Wildman–Crippen MR) is 57.9 cm³/mol. The predicted octanol–water partition coefficient (Wildman–Crippen LogP) is 1.000. The number of anilines is 1. The maximum absolute atomic E-state index is 11.6. The number of carbonyl (C=O) groups excluding carboxylic acids is 1. The molecule has 1 atom stereocenters. The second-order valence-electron chi connectivity index (χ2n) is 3.74. The Morgan fingerprint density at radius 3 is 3.19 bits per heavy atom. The van der Waals surface area contributed by atoms with Crippen LogP contribution in [0.5, 0.6) is 0 Å². The van der Waals surface area contributed by atoms with E-state index in [1.165, 1.54) is 12.4 Å². The molecule has 0 bridgehead atoms. The Hall–Kier alpha value is -1.62. The zero-order valence-corrected chi connectivity index (χ0v) is 8.89. The highest BCUT2D eigenvalue weighted by molar-refractivity contribution is 5.89. The number of aromatic nitrogens is 1. The fraction of sp³-hybridized carbons (Fsp3) is 0.455. The van der Waals surface area contributed by atoms with Crippen LogP contribution in [0.1, 0.15) is 23.2 Å². The molecular formula is C11H14N2O3. The van der Waals surface area contributed by atoms with Gasteiger partial charge in [-0.05, 0) is 18.9 Å². The summed E-state index contributed by atoms with van der Waals surface area (Å²) in [4.78, 5) is 15.4. The van der Waals surface area contributed by atoms with Crippen molar-refractivity contribution in [2.45, 2.75) is 18.9 Å². The van der Waals surface area contributed by atoms with Gasteiger partial charge in [0, 0.05) is 19.0 Å². The van der Waals surface area contributed by atoms with E-state index in [1.54, 1.807) is 6.07 Å². The van der Waals surface area contributed by atoms with Crippen LogP contribution in [0.3, 0.4) is 0 Å². The molecular weight excluding hydrogens is 208 g/mol. The van der Waals surface area contributed by atoms with Crippen molar-refractivity contribution < 1.29 is 14.3 Å². The van der Waals surface area contributed by atoms with Gasteiger partial charge < -0.3 is 15.2 Å². The number of pyridine rings is 1. The highest BCUT2D eigenvalue weighted by atomic mass is 16.6. The summed E-state index contributed by atoms with van der Waals surface area (Å²) in [6.07, 6.45) is 4.94. The average Bonchev–Trinajstić information content (AvgIpc) is 2.78. The third-order valence-corrected chi connectivity index (χ3v) is 2.42. The fourth-order valence-electron chi connectivity index (χ4n) is 1.60. The van der Waals surface area contributed by atoms with Gasteiger partial charge in [0.2, 0.25) is 0 Å². The molecule has 1 unspecified atom stereocenters. The number of nitrogens with two attached hydrogens (primary N) is 1. The Morgan fingerprint density at radius 2 is 2.50 bits per heavy atom. The molecule has 1 aromatic rings. The van der Waals surface area contributed by atoms with Crippen molar-refractivity contribution >= 4 is 11.7 Å². The highest BCUT2D eigenvalue weighted by Crippen LogP contribution is 2.13. The SMILES string of the molecule is Nc1cncc(C(=O)OCC2CCCO2)c1. The zero-order chi connectivity index (χ0) is 11.4. The minimum Gasteiger partial charge on any atom is -0.459 e. The molecule has 1 aliphatic heterocycles. The van der Waals surface area contributed by atoms with Crippen LogP contribution in [0.4, 0.5) is 5.69 Å². The molecule has 0 aromatic carbocycles. The summed E-state index contributed by atoms with van der Waals surface area (Å²) in [5.41, 5.74) is 6.34. The second kappa shape index (κ2) is 4.94. The van der Waals surface area contributed by atoms with E-state index in [2.05, 4.69) is 4.98 Å². The van der Waals surface area contributed by atoms with Gasteiger partial charge in [-0.2, -0.15) is 0 Å². The summed E-state index contributed by atoms with van der Waals surface area (Å²) >= 11 is 0. The van der Waals surface area contributed by atoms with E-state index >= 15 is 0 Å². The van der Waals surface area contributed by atoms with E-state index < -0.39 is 5.97 Å². The molecule has 2 rings (SSSR count). The molecule has 0 amide bonds. The van der Waals surface area contributed by atoms with Crippen molar-refractivity contribution in [1.82, 2.24) is 4.98 Å². The first kappa shape index (κ1) is 10.9. The lowest BCUT2D eigenvalue weighted by atomic mass is 10.2. The first-order valence-corrected chi connectivity index (χ1v) is 5.25. The van der Waals surface area contributed by atoms with Crippen molar-refractivity contribution in [1.29, 1.82) is 0 Å². The van der Waals surface area contributed by atoms with Crippen LogP contribution >= 0.6 is 0 Å². The molecule has 86 valence electrons. The molecule has 1 saturated heterocycles. The Balaban J connectivity index is 1.87. The summed E-state index contributed by atoms with van der Waals surface area (Å²) in [7, 11) is 0. The van der Waals surface area contributed by atoms with Crippen molar-refractivity contribution in [2.75, 3.05) is 18.9 Å². The lowest BCUT2D eigenvalue weighted by Crippen LogP contribution is -2.18. The highest BCUT2D eigenvalue weighted by Gasteiger charge is 2.18. The molecule has 0 spiro atoms. The van der Waals surface area contributed by atoms with Crippen molar-refractivity contribution in [3.05, 3.63) is 24.0 Å². The fourth-order valence-corrected chi connectivity index (χ4v) is 1.60. The Morgan fingerprint density at radius 1 is 1.62 bits per heavy atom. The summed E-state index contributed by atoms with van der Waals surface area (Å²) in [5, 5.41) is 0. The summed E-state index contributed by atoms with van der Waals surface area (Å²) < 4.78 is 10.5. The lowest BCUT2D eigenvalue weighted by molar-refractivity contribution is 0.0161. The number of esters is 1. The van der Waals surface area contributed by atoms with Crippen LogP contribution in [-0.4, -0.2) is 30.3 Å². The quantitative estimate of drug-likeness (QED) is 0.772. The van der Waals surface area contributed by atoms with E-state index in [0.717, 1.165) is 19.4 Å². The topological polar surface area (TPSA) is 74.4 Å². The van der Waals surface area contributed by atoms with Crippen LogP contribution in [0.15, 0.2) is 18.5 Å². The van der Waals surface area contributed by atoms with Gasteiger partial charge in [0.25, 0.3) is 0 Å². The minimum absolute atomic E-state index is 0.0398. The summed E-state index contributed by atoms with van der Waals surface area (Å²) in [5.74, 6) is -0.407. The van der Waals surface area contributed by atoms with Crippen LogP contribution in [0, 0.1) is 0 Å². The van der Waals surface area contributed by atoms with Crippen LogP contribution in [-0.2, 0) is 9.47 Å². The van der Waals surface area contributed by atoms with Gasteiger partial charge in [0.15, 0.2) is 0 Å². The number of rotatable bonds is 3. The number of hydrogen-bond acceptors (Lipinski definition) is 5. The number of nitrogens with zero attached hydrogens (tertiary/aromatic N) is 1. The van der Waals surface area contributed by atoms with Crippen LogP contribution in [0.25, 0.3) is 0 Å². The number of hydrogen-bond donors (Lipinski definition) is 1. The van der Waals surface area contributed by atoms with Gasteiger partial charge in [0.05, 0.1) is 17.4 Å². The van der Waals surface area contributed by atoms with Crippen molar-refractivity contribution in [2.24, 2.45) is 0 Å². The molecule has 1 aliphatic rings. The van der Waals surface area contributed by atoms with Crippen LogP contribution < -0.4 is 5.73 Å². The molecule has 1 aromatic heterocycles. The molecule has 5 nitrogen and oxygen atoms in total. The monoisotopic (exact) mass is 222 g/mol. The van der Waals surface area contributed by atoms with E-state index in [0.29, 0.717) is 17.9 Å². The van der Waals surface area contributed by atoms with E-state index in [4.69, 9.17) is 15.2 Å². The van der Waals surface area contributed by atoms with Gasteiger partial charge in [-0.1, -0.05) is 0 Å². The van der Waals surface area contributed by atoms with Crippen molar-refractivity contribution in [3.8, 4) is 0 Å². The van der Waals surface area contributed by atoms with Crippen LogP contribution in [0.2, 0.25) is 0 Å².